The zero-order valence-electron chi connectivity index (χ0n) is 15.2. The minimum atomic E-state index is -0.350. The average Bonchev–Trinajstić information content (AvgIpc) is 2.66. The lowest BCUT2D eigenvalue weighted by molar-refractivity contribution is 0.0528. The topological polar surface area (TPSA) is 129 Å². The minimum Gasteiger partial charge on any atom is -0.508 e. The normalized spacial score (nSPS) is 14.1. The molecule has 1 saturated heterocycles. The third-order valence-corrected chi connectivity index (χ3v) is 4.18. The van der Waals surface area contributed by atoms with Crippen LogP contribution in [0.1, 0.15) is 21.0 Å². The van der Waals surface area contributed by atoms with Gasteiger partial charge in [-0.3, -0.25) is 9.59 Å². The number of hydrogen-bond donors (Lipinski definition) is 2. The summed E-state index contributed by atoms with van der Waals surface area (Å²) in [7, 11) is 3.49. The van der Waals surface area contributed by atoms with Crippen LogP contribution in [0.5, 0.6) is 5.75 Å². The van der Waals surface area contributed by atoms with E-state index in [1.807, 2.05) is 0 Å². The number of piperazine rings is 1. The maximum atomic E-state index is 12.7. The van der Waals surface area contributed by atoms with Crippen LogP contribution in [0, 0.1) is 0 Å². The lowest BCUT2D eigenvalue weighted by Gasteiger charge is -2.34. The Bertz CT molecular complexity index is 863. The second-order valence-electron chi connectivity index (χ2n) is 6.35. The molecule has 2 aromatic rings. The maximum Gasteiger partial charge on any atom is 0.292 e. The lowest BCUT2D eigenvalue weighted by atomic mass is 10.1. The first-order valence-electron chi connectivity index (χ1n) is 8.41. The third-order valence-electron chi connectivity index (χ3n) is 4.18. The van der Waals surface area contributed by atoms with Crippen molar-refractivity contribution in [2.45, 2.75) is 0 Å². The summed E-state index contributed by atoms with van der Waals surface area (Å²) in [6.45, 7) is 1.46. The van der Waals surface area contributed by atoms with E-state index in [9.17, 15) is 14.7 Å². The average molecular weight is 371 g/mol. The van der Waals surface area contributed by atoms with E-state index in [2.05, 4.69) is 15.0 Å². The summed E-state index contributed by atoms with van der Waals surface area (Å²) in [5.74, 6) is -0.218. The summed E-state index contributed by atoms with van der Waals surface area (Å²) < 4.78 is 0. The zero-order valence-corrected chi connectivity index (χ0v) is 15.2. The molecule has 142 valence electrons. The molecule has 0 saturated carbocycles. The van der Waals surface area contributed by atoms with Gasteiger partial charge < -0.3 is 25.5 Å². The molecule has 0 unspecified atom stereocenters. The molecule has 3 N–H and O–H groups in total. The number of hydrogen-bond acceptors (Lipinski definition) is 8. The Balaban J connectivity index is 1.67. The Morgan fingerprint density at radius 1 is 1.04 bits per heavy atom. The molecule has 10 heteroatoms. The van der Waals surface area contributed by atoms with Crippen molar-refractivity contribution in [1.82, 2.24) is 24.8 Å². The smallest absolute Gasteiger partial charge is 0.292 e. The van der Waals surface area contributed by atoms with Gasteiger partial charge in [0.15, 0.2) is 0 Å². The van der Waals surface area contributed by atoms with E-state index in [0.29, 0.717) is 37.7 Å². The number of phenols is 1. The van der Waals surface area contributed by atoms with Crippen molar-refractivity contribution < 1.29 is 14.7 Å². The van der Waals surface area contributed by atoms with E-state index < -0.39 is 0 Å². The molecule has 2 amide bonds. The fourth-order valence-corrected chi connectivity index (χ4v) is 2.75. The molecule has 1 aliphatic rings. The number of nitrogen functional groups attached to an aromatic ring is 1. The molecule has 27 heavy (non-hydrogen) atoms. The Morgan fingerprint density at radius 2 is 1.67 bits per heavy atom. The van der Waals surface area contributed by atoms with Gasteiger partial charge in [0.1, 0.15) is 5.75 Å². The Hall–Kier alpha value is -3.43. The van der Waals surface area contributed by atoms with E-state index >= 15 is 0 Å². The molecule has 1 aliphatic heterocycles. The first-order chi connectivity index (χ1) is 12.8. The SMILES string of the molecule is CN(C)c1nc(N)nc(C(=O)N2CCN(C(=O)c3cccc(O)c3)CC2)n1. The fraction of sp³-hybridized carbons (Fsp3) is 0.353. The molecule has 0 radical (unpaired) electrons. The molecule has 0 bridgehead atoms. The number of anilines is 2. The van der Waals surface area contributed by atoms with Gasteiger partial charge >= 0.3 is 0 Å². The fourth-order valence-electron chi connectivity index (χ4n) is 2.75. The number of rotatable bonds is 3. The number of benzene rings is 1. The molecule has 3 rings (SSSR count). The highest BCUT2D eigenvalue weighted by molar-refractivity contribution is 5.95. The summed E-state index contributed by atoms with van der Waals surface area (Å²) >= 11 is 0. The highest BCUT2D eigenvalue weighted by Gasteiger charge is 2.27. The van der Waals surface area contributed by atoms with Crippen molar-refractivity contribution in [3.8, 4) is 5.75 Å². The molecule has 2 heterocycles. The van der Waals surface area contributed by atoms with Crippen molar-refractivity contribution in [3.05, 3.63) is 35.7 Å². The Kier molecular flexibility index (Phi) is 5.06. The van der Waals surface area contributed by atoms with Crippen LogP contribution in [0.2, 0.25) is 0 Å². The van der Waals surface area contributed by atoms with Crippen LogP contribution in [0.3, 0.4) is 0 Å². The number of aromatic hydroxyl groups is 1. The van der Waals surface area contributed by atoms with Crippen molar-refractivity contribution in [1.29, 1.82) is 0 Å². The van der Waals surface area contributed by atoms with Crippen LogP contribution in [0.25, 0.3) is 0 Å². The highest BCUT2D eigenvalue weighted by atomic mass is 16.3. The summed E-state index contributed by atoms with van der Waals surface area (Å²) in [6, 6.07) is 6.21. The molecular formula is C17H21N7O3. The quantitative estimate of drug-likeness (QED) is 0.760. The van der Waals surface area contributed by atoms with E-state index in [4.69, 9.17) is 5.73 Å². The van der Waals surface area contributed by atoms with Crippen molar-refractivity contribution in [3.63, 3.8) is 0 Å². The monoisotopic (exact) mass is 371 g/mol. The van der Waals surface area contributed by atoms with Crippen molar-refractivity contribution >= 4 is 23.7 Å². The molecule has 0 aliphatic carbocycles. The van der Waals surface area contributed by atoms with Crippen molar-refractivity contribution in [2.75, 3.05) is 50.9 Å². The molecule has 1 aromatic carbocycles. The number of carbonyl (C=O) groups is 2. The number of carbonyl (C=O) groups excluding carboxylic acids is 2. The molecule has 0 spiro atoms. The first-order valence-corrected chi connectivity index (χ1v) is 8.41. The summed E-state index contributed by atoms with van der Waals surface area (Å²) in [4.78, 5) is 42.1. The van der Waals surface area contributed by atoms with Crippen molar-refractivity contribution in [2.24, 2.45) is 0 Å². The Labute approximate surface area is 156 Å². The standard InChI is InChI=1S/C17H21N7O3/c1-22(2)17-20-13(19-16(18)21-17)15(27)24-8-6-23(7-9-24)14(26)11-4-3-5-12(25)10-11/h3-5,10,25H,6-9H2,1-2H3,(H2,18,19,20,21). The first kappa shape index (κ1) is 18.4. The molecule has 1 aromatic heterocycles. The van der Waals surface area contributed by atoms with Crippen LogP contribution in [0.4, 0.5) is 11.9 Å². The summed E-state index contributed by atoms with van der Waals surface area (Å²) in [5.41, 5.74) is 6.08. The molecule has 1 fully saturated rings. The van der Waals surface area contributed by atoms with E-state index in [1.165, 1.54) is 12.1 Å². The second kappa shape index (κ2) is 7.44. The van der Waals surface area contributed by atoms with Gasteiger partial charge in [-0.15, -0.1) is 0 Å². The van der Waals surface area contributed by atoms with Crippen LogP contribution in [-0.2, 0) is 0 Å². The van der Waals surface area contributed by atoms with Gasteiger partial charge in [0.25, 0.3) is 11.8 Å². The maximum absolute atomic E-state index is 12.7. The van der Waals surface area contributed by atoms with Gasteiger partial charge in [0, 0.05) is 45.8 Å². The Morgan fingerprint density at radius 3 is 2.26 bits per heavy atom. The third kappa shape index (κ3) is 4.05. The van der Waals surface area contributed by atoms with Crippen LogP contribution >= 0.6 is 0 Å². The van der Waals surface area contributed by atoms with E-state index in [-0.39, 0.29) is 29.3 Å². The molecule has 10 nitrogen and oxygen atoms in total. The number of aromatic nitrogens is 3. The minimum absolute atomic E-state index is 0.0149. The van der Waals surface area contributed by atoms with Gasteiger partial charge in [-0.05, 0) is 18.2 Å². The number of nitrogens with zero attached hydrogens (tertiary/aromatic N) is 6. The predicted molar refractivity (Wildman–Crippen MR) is 98.5 cm³/mol. The van der Waals surface area contributed by atoms with Gasteiger partial charge in [-0.1, -0.05) is 6.07 Å². The van der Waals surface area contributed by atoms with Gasteiger partial charge in [0.05, 0.1) is 0 Å². The number of phenolic OH excluding ortho intramolecular Hbond substituents is 1. The summed E-state index contributed by atoms with van der Waals surface area (Å²) in [6.07, 6.45) is 0. The van der Waals surface area contributed by atoms with Crippen LogP contribution in [0.15, 0.2) is 24.3 Å². The zero-order chi connectivity index (χ0) is 19.6. The lowest BCUT2D eigenvalue weighted by Crippen LogP contribution is -2.51. The number of amides is 2. The second-order valence-corrected chi connectivity index (χ2v) is 6.35. The highest BCUT2D eigenvalue weighted by Crippen LogP contribution is 2.15. The van der Waals surface area contributed by atoms with Gasteiger partial charge in [0.2, 0.25) is 17.7 Å². The molecule has 0 atom stereocenters. The van der Waals surface area contributed by atoms with Gasteiger partial charge in [-0.25, -0.2) is 0 Å². The van der Waals surface area contributed by atoms with E-state index in [0.717, 1.165) is 0 Å². The summed E-state index contributed by atoms with van der Waals surface area (Å²) in [5, 5.41) is 9.53. The van der Waals surface area contributed by atoms with Gasteiger partial charge in [-0.2, -0.15) is 15.0 Å². The molecular weight excluding hydrogens is 350 g/mol. The largest absolute Gasteiger partial charge is 0.508 e. The van der Waals surface area contributed by atoms with E-state index in [1.54, 1.807) is 40.9 Å². The van der Waals surface area contributed by atoms with Crippen LogP contribution < -0.4 is 10.6 Å². The van der Waals surface area contributed by atoms with Crippen LogP contribution in [-0.4, -0.2) is 81.9 Å². The predicted octanol–water partition coefficient (Wildman–Crippen LogP) is -0.176. The number of nitrogens with two attached hydrogens (primary N) is 1.